The second kappa shape index (κ2) is 6.01. The minimum absolute atomic E-state index is 0.0529. The quantitative estimate of drug-likeness (QED) is 0.843. The number of nitrogens with one attached hydrogen (secondary N) is 1. The van der Waals surface area contributed by atoms with Crippen LogP contribution >= 0.6 is 10.7 Å². The molecule has 21 heavy (non-hydrogen) atoms. The molecule has 0 unspecified atom stereocenters. The van der Waals surface area contributed by atoms with Crippen molar-refractivity contribution in [1.29, 1.82) is 0 Å². The number of hydrogen-bond donors (Lipinski definition) is 1. The number of carbonyl (C=O) groups excluding carboxylic acids is 1. The van der Waals surface area contributed by atoms with Crippen LogP contribution in [0.5, 0.6) is 0 Å². The molecule has 0 radical (unpaired) electrons. The number of amides is 1. The van der Waals surface area contributed by atoms with Gasteiger partial charge in [-0.05, 0) is 30.7 Å². The van der Waals surface area contributed by atoms with Gasteiger partial charge in [0.15, 0.2) is 0 Å². The summed E-state index contributed by atoms with van der Waals surface area (Å²) >= 11 is 0. The predicted octanol–water partition coefficient (Wildman–Crippen LogP) is 2.65. The van der Waals surface area contributed by atoms with E-state index in [0.29, 0.717) is 12.2 Å². The zero-order chi connectivity index (χ0) is 15.7. The van der Waals surface area contributed by atoms with E-state index in [-0.39, 0.29) is 16.2 Å². The lowest BCUT2D eigenvalue weighted by atomic mass is 9.83. The fraction of sp³-hybridized carbons (Fsp3) is 0.643. The van der Waals surface area contributed by atoms with Crippen LogP contribution in [0.4, 0.5) is 0 Å². The second-order valence-electron chi connectivity index (χ2n) is 5.85. The average Bonchev–Trinajstić information content (AvgIpc) is 3.02. The fourth-order valence-corrected chi connectivity index (χ4v) is 3.82. The normalized spacial score (nSPS) is 17.9. The molecule has 7 heteroatoms. The smallest absolute Gasteiger partial charge is 0.267 e. The van der Waals surface area contributed by atoms with Gasteiger partial charge in [0.1, 0.15) is 10.6 Å². The molecule has 2 rings (SSSR count). The van der Waals surface area contributed by atoms with E-state index in [0.717, 1.165) is 19.3 Å². The van der Waals surface area contributed by atoms with Crippen LogP contribution in [-0.2, 0) is 16.1 Å². The average molecular weight is 333 g/mol. The third-order valence-electron chi connectivity index (χ3n) is 4.53. The van der Waals surface area contributed by atoms with Crippen molar-refractivity contribution >= 4 is 25.6 Å². The molecular weight excluding hydrogens is 312 g/mol. The zero-order valence-electron chi connectivity index (χ0n) is 12.4. The number of hydrogen-bond acceptors (Lipinski definition) is 3. The summed E-state index contributed by atoms with van der Waals surface area (Å²) in [5, 5.41) is 2.94. The van der Waals surface area contributed by atoms with Crippen LogP contribution in [-0.4, -0.2) is 25.4 Å². The summed E-state index contributed by atoms with van der Waals surface area (Å²) in [7, 11) is 3.12. The summed E-state index contributed by atoms with van der Waals surface area (Å²) in [5.74, 6) is -0.260. The molecule has 118 valence electrons. The van der Waals surface area contributed by atoms with E-state index < -0.39 is 9.05 Å². The highest BCUT2D eigenvalue weighted by Crippen LogP contribution is 2.40. The van der Waals surface area contributed by atoms with Gasteiger partial charge in [-0.25, -0.2) is 8.42 Å². The van der Waals surface area contributed by atoms with Crippen molar-refractivity contribution in [3.8, 4) is 0 Å². The van der Waals surface area contributed by atoms with Crippen LogP contribution in [0.2, 0.25) is 0 Å². The second-order valence-corrected chi connectivity index (χ2v) is 8.42. The molecule has 0 spiro atoms. The molecule has 1 N–H and O–H groups in total. The molecule has 1 aromatic rings. The molecule has 1 aliphatic rings. The maximum Gasteiger partial charge on any atom is 0.267 e. The van der Waals surface area contributed by atoms with Crippen molar-refractivity contribution in [2.75, 3.05) is 6.54 Å². The van der Waals surface area contributed by atoms with E-state index in [9.17, 15) is 13.2 Å². The molecule has 5 nitrogen and oxygen atoms in total. The Hall–Kier alpha value is -1.01. The van der Waals surface area contributed by atoms with Crippen LogP contribution in [0.1, 0.15) is 49.5 Å². The zero-order valence-corrected chi connectivity index (χ0v) is 13.9. The van der Waals surface area contributed by atoms with Crippen molar-refractivity contribution < 1.29 is 13.2 Å². The maximum atomic E-state index is 12.3. The lowest BCUT2D eigenvalue weighted by Gasteiger charge is -2.27. The largest absolute Gasteiger partial charge is 0.350 e. The van der Waals surface area contributed by atoms with E-state index in [2.05, 4.69) is 12.2 Å². The Morgan fingerprint density at radius 3 is 2.52 bits per heavy atom. The highest BCUT2D eigenvalue weighted by atomic mass is 35.7. The van der Waals surface area contributed by atoms with E-state index in [1.165, 1.54) is 29.7 Å². The van der Waals surface area contributed by atoms with Gasteiger partial charge in [-0.2, -0.15) is 0 Å². The van der Waals surface area contributed by atoms with Crippen LogP contribution in [0.25, 0.3) is 0 Å². The summed E-state index contributed by atoms with van der Waals surface area (Å²) in [6, 6.07) is 1.31. The van der Waals surface area contributed by atoms with Crippen LogP contribution in [0.3, 0.4) is 0 Å². The Bertz CT molecular complexity index is 631. The monoisotopic (exact) mass is 332 g/mol. The Morgan fingerprint density at radius 1 is 1.43 bits per heavy atom. The highest BCUT2D eigenvalue weighted by Gasteiger charge is 2.32. The van der Waals surface area contributed by atoms with E-state index in [1.54, 1.807) is 7.05 Å². The molecule has 0 aromatic carbocycles. The minimum Gasteiger partial charge on any atom is -0.350 e. The Kier molecular flexibility index (Phi) is 4.68. The standard InChI is InChI=1S/C14H21ClN2O3S/c1-3-14(6-4-5-7-14)10-16-13(18)12-8-11(9-17(12)2)21(15,19)20/h8-9H,3-7,10H2,1-2H3,(H,16,18). The molecule has 0 saturated heterocycles. The molecule has 1 fully saturated rings. The highest BCUT2D eigenvalue weighted by molar-refractivity contribution is 8.13. The van der Waals surface area contributed by atoms with Gasteiger partial charge in [0.2, 0.25) is 0 Å². The van der Waals surface area contributed by atoms with Crippen molar-refractivity contribution in [2.24, 2.45) is 12.5 Å². The van der Waals surface area contributed by atoms with Gasteiger partial charge < -0.3 is 9.88 Å². The molecule has 1 amide bonds. The van der Waals surface area contributed by atoms with Gasteiger partial charge in [0.05, 0.1) is 0 Å². The van der Waals surface area contributed by atoms with Gasteiger partial charge in [-0.3, -0.25) is 4.79 Å². The van der Waals surface area contributed by atoms with E-state index in [4.69, 9.17) is 10.7 Å². The fourth-order valence-electron chi connectivity index (χ4n) is 3.03. The summed E-state index contributed by atoms with van der Waals surface area (Å²) in [4.78, 5) is 12.2. The first-order chi connectivity index (χ1) is 9.77. The molecule has 1 aromatic heterocycles. The summed E-state index contributed by atoms with van der Waals surface area (Å²) in [6.07, 6.45) is 7.09. The van der Waals surface area contributed by atoms with E-state index >= 15 is 0 Å². The number of rotatable bonds is 5. The van der Waals surface area contributed by atoms with Crippen LogP contribution < -0.4 is 5.32 Å². The van der Waals surface area contributed by atoms with Gasteiger partial charge in [-0.1, -0.05) is 19.8 Å². The summed E-state index contributed by atoms with van der Waals surface area (Å²) in [6.45, 7) is 2.79. The first kappa shape index (κ1) is 16.4. The lowest BCUT2D eigenvalue weighted by Crippen LogP contribution is -2.36. The molecule has 0 aliphatic heterocycles. The molecule has 0 atom stereocenters. The van der Waals surface area contributed by atoms with Crippen LogP contribution in [0, 0.1) is 5.41 Å². The number of halogens is 1. The minimum atomic E-state index is -3.81. The van der Waals surface area contributed by atoms with Gasteiger partial charge in [0.25, 0.3) is 15.0 Å². The number of aromatic nitrogens is 1. The maximum absolute atomic E-state index is 12.3. The van der Waals surface area contributed by atoms with Gasteiger partial charge in [0, 0.05) is 30.5 Å². The topological polar surface area (TPSA) is 68.2 Å². The van der Waals surface area contributed by atoms with Gasteiger partial charge >= 0.3 is 0 Å². The lowest BCUT2D eigenvalue weighted by molar-refractivity contribution is 0.0920. The van der Waals surface area contributed by atoms with Crippen molar-refractivity contribution in [2.45, 2.75) is 43.9 Å². The van der Waals surface area contributed by atoms with Crippen LogP contribution in [0.15, 0.2) is 17.2 Å². The summed E-state index contributed by atoms with van der Waals surface area (Å²) < 4.78 is 24.1. The predicted molar refractivity (Wildman–Crippen MR) is 82.0 cm³/mol. The molecule has 0 bridgehead atoms. The summed E-state index contributed by atoms with van der Waals surface area (Å²) in [5.41, 5.74) is 0.501. The first-order valence-electron chi connectivity index (χ1n) is 7.17. The molecular formula is C14H21ClN2O3S. The van der Waals surface area contributed by atoms with E-state index in [1.807, 2.05) is 0 Å². The number of nitrogens with zero attached hydrogens (tertiary/aromatic N) is 1. The Labute approximate surface area is 130 Å². The molecule has 1 heterocycles. The SMILES string of the molecule is CCC1(CNC(=O)c2cc(S(=O)(=O)Cl)cn2C)CCCC1. The number of carbonyl (C=O) groups is 1. The van der Waals surface area contributed by atoms with Crippen molar-refractivity contribution in [3.05, 3.63) is 18.0 Å². The molecule has 1 saturated carbocycles. The Morgan fingerprint density at radius 2 is 2.05 bits per heavy atom. The third-order valence-corrected chi connectivity index (χ3v) is 5.85. The van der Waals surface area contributed by atoms with Crippen molar-refractivity contribution in [3.63, 3.8) is 0 Å². The van der Waals surface area contributed by atoms with Crippen molar-refractivity contribution in [1.82, 2.24) is 9.88 Å². The number of aryl methyl sites for hydroxylation is 1. The molecule has 1 aliphatic carbocycles. The van der Waals surface area contributed by atoms with Gasteiger partial charge in [-0.15, -0.1) is 0 Å². The first-order valence-corrected chi connectivity index (χ1v) is 9.48. The third kappa shape index (κ3) is 3.61. The Balaban J connectivity index is 2.09.